The van der Waals surface area contributed by atoms with Gasteiger partial charge in [0.25, 0.3) is 0 Å². The molecule has 1 aromatic rings. The van der Waals surface area contributed by atoms with Crippen LogP contribution in [0.1, 0.15) is 25.6 Å². The molecule has 0 aliphatic rings. The predicted molar refractivity (Wildman–Crippen MR) is 54.8 cm³/mol. The van der Waals surface area contributed by atoms with Gasteiger partial charge in [0, 0.05) is 0 Å². The van der Waals surface area contributed by atoms with Gasteiger partial charge in [0.05, 0.1) is 12.6 Å². The van der Waals surface area contributed by atoms with Crippen LogP contribution < -0.4 is 5.32 Å². The molecule has 16 heavy (non-hydrogen) atoms. The lowest BCUT2D eigenvalue weighted by Crippen LogP contribution is -2.32. The van der Waals surface area contributed by atoms with Crippen LogP contribution in [0.15, 0.2) is 4.52 Å². The Kier molecular flexibility index (Phi) is 4.00. The summed E-state index contributed by atoms with van der Waals surface area (Å²) in [4.78, 5) is 15.5. The van der Waals surface area contributed by atoms with E-state index in [1.807, 2.05) is 19.9 Å². The third kappa shape index (κ3) is 3.05. The number of hydrogen-bond donors (Lipinski definition) is 1. The van der Waals surface area contributed by atoms with Gasteiger partial charge in [-0.15, -0.1) is 0 Å². The highest BCUT2D eigenvalue weighted by atomic mass is 16.5. The number of aryl methyl sites for hydroxylation is 1. The van der Waals surface area contributed by atoms with E-state index in [0.717, 1.165) is 0 Å². The van der Waals surface area contributed by atoms with Gasteiger partial charge in [-0.2, -0.15) is 10.2 Å². The van der Waals surface area contributed by atoms with Gasteiger partial charge in [-0.1, -0.05) is 19.0 Å². The van der Waals surface area contributed by atoms with E-state index in [0.29, 0.717) is 11.7 Å². The second-order valence-corrected chi connectivity index (χ2v) is 3.80. The number of carbonyl (C=O) groups is 1. The standard InChI is InChI=1S/C10H14N4O2/c1-6(2)8(4-11)10(15)12-5-9-13-7(3)14-16-9/h6,8H,5H2,1-3H3,(H,12,15). The van der Waals surface area contributed by atoms with Gasteiger partial charge in [0.1, 0.15) is 5.92 Å². The zero-order valence-electron chi connectivity index (χ0n) is 9.52. The van der Waals surface area contributed by atoms with E-state index in [2.05, 4.69) is 15.5 Å². The molecule has 0 saturated carbocycles. The first-order chi connectivity index (χ1) is 7.54. The monoisotopic (exact) mass is 222 g/mol. The normalized spacial score (nSPS) is 12.2. The lowest BCUT2D eigenvalue weighted by molar-refractivity contribution is -0.124. The number of nitriles is 1. The number of rotatable bonds is 4. The molecule has 86 valence electrons. The maximum atomic E-state index is 11.6. The molecule has 0 saturated heterocycles. The summed E-state index contributed by atoms with van der Waals surface area (Å²) in [5, 5.41) is 15.0. The molecule has 0 aliphatic heterocycles. The zero-order chi connectivity index (χ0) is 12.1. The lowest BCUT2D eigenvalue weighted by Gasteiger charge is -2.11. The second kappa shape index (κ2) is 5.26. The molecular formula is C10H14N4O2. The summed E-state index contributed by atoms with van der Waals surface area (Å²) < 4.78 is 4.83. The van der Waals surface area contributed by atoms with Gasteiger partial charge in [0.15, 0.2) is 5.82 Å². The van der Waals surface area contributed by atoms with Gasteiger partial charge in [-0.3, -0.25) is 4.79 Å². The molecule has 0 aliphatic carbocycles. The molecule has 0 bridgehead atoms. The van der Waals surface area contributed by atoms with E-state index in [9.17, 15) is 4.79 Å². The Bertz CT molecular complexity index is 405. The van der Waals surface area contributed by atoms with Crippen molar-refractivity contribution in [2.24, 2.45) is 11.8 Å². The summed E-state index contributed by atoms with van der Waals surface area (Å²) in [5.74, 6) is -0.122. The van der Waals surface area contributed by atoms with Crippen molar-refractivity contribution in [2.45, 2.75) is 27.3 Å². The predicted octanol–water partition coefficient (Wildman–Crippen LogP) is 0.790. The Balaban J connectivity index is 2.50. The van der Waals surface area contributed by atoms with Crippen LogP contribution >= 0.6 is 0 Å². The Labute approximate surface area is 93.6 Å². The van der Waals surface area contributed by atoms with Crippen molar-refractivity contribution in [1.82, 2.24) is 15.5 Å². The lowest BCUT2D eigenvalue weighted by atomic mass is 9.97. The number of nitrogens with zero attached hydrogens (tertiary/aromatic N) is 3. The molecule has 1 aromatic heterocycles. The highest BCUT2D eigenvalue weighted by Gasteiger charge is 2.21. The molecule has 1 N–H and O–H groups in total. The topological polar surface area (TPSA) is 91.8 Å². The molecule has 0 spiro atoms. The fourth-order valence-corrected chi connectivity index (χ4v) is 1.19. The number of aromatic nitrogens is 2. The molecule has 0 radical (unpaired) electrons. The van der Waals surface area contributed by atoms with Crippen molar-refractivity contribution >= 4 is 5.91 Å². The van der Waals surface area contributed by atoms with Crippen molar-refractivity contribution in [1.29, 1.82) is 5.26 Å². The van der Waals surface area contributed by atoms with Crippen molar-refractivity contribution in [3.8, 4) is 6.07 Å². The van der Waals surface area contributed by atoms with Crippen molar-refractivity contribution < 1.29 is 9.32 Å². The van der Waals surface area contributed by atoms with Crippen molar-refractivity contribution in [2.75, 3.05) is 0 Å². The molecule has 1 amide bonds. The quantitative estimate of drug-likeness (QED) is 0.813. The largest absolute Gasteiger partial charge is 0.346 e. The van der Waals surface area contributed by atoms with E-state index in [1.165, 1.54) is 0 Å². The van der Waals surface area contributed by atoms with Crippen LogP contribution in [0.4, 0.5) is 0 Å². The van der Waals surface area contributed by atoms with Crippen LogP contribution in [0, 0.1) is 30.1 Å². The molecule has 6 nitrogen and oxygen atoms in total. The average molecular weight is 222 g/mol. The fraction of sp³-hybridized carbons (Fsp3) is 0.600. The van der Waals surface area contributed by atoms with Crippen LogP contribution in [-0.2, 0) is 11.3 Å². The van der Waals surface area contributed by atoms with Crippen LogP contribution in [0.3, 0.4) is 0 Å². The highest BCUT2D eigenvalue weighted by molar-refractivity contribution is 5.81. The highest BCUT2D eigenvalue weighted by Crippen LogP contribution is 2.09. The molecule has 6 heteroatoms. The first kappa shape index (κ1) is 12.2. The minimum atomic E-state index is -0.649. The fourth-order valence-electron chi connectivity index (χ4n) is 1.19. The summed E-state index contributed by atoms with van der Waals surface area (Å²) in [7, 11) is 0. The van der Waals surface area contributed by atoms with Crippen molar-refractivity contribution in [3.05, 3.63) is 11.7 Å². The Hall–Kier alpha value is -1.90. The average Bonchev–Trinajstić information content (AvgIpc) is 2.62. The molecule has 0 aromatic carbocycles. The number of amides is 1. The minimum Gasteiger partial charge on any atom is -0.346 e. The molecule has 1 rings (SSSR count). The van der Waals surface area contributed by atoms with Crippen molar-refractivity contribution in [3.63, 3.8) is 0 Å². The second-order valence-electron chi connectivity index (χ2n) is 3.80. The van der Waals surface area contributed by atoms with E-state index in [4.69, 9.17) is 9.78 Å². The van der Waals surface area contributed by atoms with Gasteiger partial charge in [0.2, 0.25) is 11.8 Å². The molecule has 1 unspecified atom stereocenters. The van der Waals surface area contributed by atoms with Gasteiger partial charge in [-0.25, -0.2) is 0 Å². The van der Waals surface area contributed by atoms with Gasteiger partial charge < -0.3 is 9.84 Å². The third-order valence-electron chi connectivity index (χ3n) is 2.07. The summed E-state index contributed by atoms with van der Waals surface area (Å²) in [6.45, 7) is 5.50. The number of carbonyl (C=O) groups excluding carboxylic acids is 1. The molecule has 0 fully saturated rings. The maximum absolute atomic E-state index is 11.6. The van der Waals surface area contributed by atoms with Crippen LogP contribution in [0.25, 0.3) is 0 Å². The molecular weight excluding hydrogens is 208 g/mol. The summed E-state index contributed by atoms with van der Waals surface area (Å²) in [5.41, 5.74) is 0. The zero-order valence-corrected chi connectivity index (χ0v) is 9.52. The van der Waals surface area contributed by atoms with E-state index < -0.39 is 5.92 Å². The first-order valence-corrected chi connectivity index (χ1v) is 5.01. The van der Waals surface area contributed by atoms with E-state index in [-0.39, 0.29) is 18.4 Å². The number of nitrogens with one attached hydrogen (secondary N) is 1. The molecule has 1 atom stereocenters. The van der Waals surface area contributed by atoms with Gasteiger partial charge in [-0.05, 0) is 12.8 Å². The third-order valence-corrected chi connectivity index (χ3v) is 2.07. The SMILES string of the molecule is Cc1noc(CNC(=O)C(C#N)C(C)C)n1. The maximum Gasteiger partial charge on any atom is 0.246 e. The minimum absolute atomic E-state index is 0.0191. The van der Waals surface area contributed by atoms with Gasteiger partial charge >= 0.3 is 0 Å². The summed E-state index contributed by atoms with van der Waals surface area (Å²) in [6, 6.07) is 1.96. The first-order valence-electron chi connectivity index (χ1n) is 5.01. The van der Waals surface area contributed by atoms with Crippen LogP contribution in [0.2, 0.25) is 0 Å². The summed E-state index contributed by atoms with van der Waals surface area (Å²) >= 11 is 0. The molecule has 1 heterocycles. The van der Waals surface area contributed by atoms with E-state index in [1.54, 1.807) is 6.92 Å². The van der Waals surface area contributed by atoms with Crippen LogP contribution in [0.5, 0.6) is 0 Å². The smallest absolute Gasteiger partial charge is 0.246 e. The Morgan fingerprint density at radius 1 is 1.62 bits per heavy atom. The summed E-state index contributed by atoms with van der Waals surface area (Å²) in [6.07, 6.45) is 0. The Morgan fingerprint density at radius 3 is 2.75 bits per heavy atom. The van der Waals surface area contributed by atoms with Crippen LogP contribution in [-0.4, -0.2) is 16.0 Å². The Morgan fingerprint density at radius 2 is 2.31 bits per heavy atom. The number of hydrogen-bond acceptors (Lipinski definition) is 5. The van der Waals surface area contributed by atoms with E-state index >= 15 is 0 Å².